The maximum absolute atomic E-state index is 13.4. The summed E-state index contributed by atoms with van der Waals surface area (Å²) < 4.78 is 62.9. The van der Waals surface area contributed by atoms with Crippen LogP contribution in [0.1, 0.15) is 25.3 Å². The highest BCUT2D eigenvalue weighted by molar-refractivity contribution is 14.1. The lowest BCUT2D eigenvalue weighted by Crippen LogP contribution is -2.50. The summed E-state index contributed by atoms with van der Waals surface area (Å²) in [6.45, 7) is 2.01. The molecule has 0 aromatic heterocycles. The minimum absolute atomic E-state index is 0.0798. The molecular weight excluding hydrogens is 585 g/mol. The van der Waals surface area contributed by atoms with Gasteiger partial charge < -0.3 is 0 Å². The van der Waals surface area contributed by atoms with Crippen molar-refractivity contribution in [2.45, 2.75) is 30.7 Å². The predicted molar refractivity (Wildman–Crippen MR) is 142 cm³/mol. The fourth-order valence-electron chi connectivity index (χ4n) is 4.86. The van der Waals surface area contributed by atoms with Gasteiger partial charge in [0.25, 0.3) is 0 Å². The molecule has 1 heterocycles. The molecule has 2 aliphatic rings. The largest absolute Gasteiger partial charge is 0.336 e. The van der Waals surface area contributed by atoms with Crippen LogP contribution < -0.4 is 0 Å². The summed E-state index contributed by atoms with van der Waals surface area (Å²) >= 11 is 2.21. The molecule has 2 unspecified atom stereocenters. The topological polar surface area (TPSA) is 91.8 Å². The Morgan fingerprint density at radius 3 is 2.24 bits per heavy atom. The van der Waals surface area contributed by atoms with E-state index in [0.29, 0.717) is 12.8 Å². The van der Waals surface area contributed by atoms with E-state index in [1.807, 2.05) is 49.4 Å². The Morgan fingerprint density at radius 1 is 1.00 bits per heavy atom. The van der Waals surface area contributed by atoms with Gasteiger partial charge in [0.15, 0.2) is 9.84 Å². The summed E-state index contributed by atoms with van der Waals surface area (Å²) in [5, 5.41) is 0. The first kappa shape index (κ1) is 25.3. The number of nitrogens with zero attached hydrogens (tertiary/aromatic N) is 1. The zero-order valence-electron chi connectivity index (χ0n) is 18.6. The highest BCUT2D eigenvalue weighted by Gasteiger charge is 2.44. The average molecular weight is 612 g/mol. The van der Waals surface area contributed by atoms with E-state index in [-0.39, 0.29) is 17.2 Å². The zero-order chi connectivity index (χ0) is 24.6. The van der Waals surface area contributed by atoms with Crippen molar-refractivity contribution in [1.82, 2.24) is 4.31 Å². The summed E-state index contributed by atoms with van der Waals surface area (Å²) in [6.07, 6.45) is 6.43. The van der Waals surface area contributed by atoms with Crippen LogP contribution in [0.25, 0.3) is 5.57 Å². The molecule has 1 aliphatic heterocycles. The van der Waals surface area contributed by atoms with Crippen LogP contribution >= 0.6 is 22.6 Å². The third-order valence-electron chi connectivity index (χ3n) is 6.39. The van der Waals surface area contributed by atoms with Gasteiger partial charge in [0, 0.05) is 21.6 Å². The molecule has 0 saturated heterocycles. The maximum atomic E-state index is 13.4. The van der Waals surface area contributed by atoms with Crippen molar-refractivity contribution in [3.63, 3.8) is 0 Å². The molecule has 0 fully saturated rings. The van der Waals surface area contributed by atoms with Crippen LogP contribution in [-0.4, -0.2) is 44.0 Å². The Kier molecular flexibility index (Phi) is 7.21. The van der Waals surface area contributed by atoms with E-state index in [1.54, 1.807) is 36.4 Å². The molecular formula is C25H26INO5S2. The monoisotopic (exact) mass is 611 g/mol. The normalized spacial score (nSPS) is 24.2. The SMILES string of the molecule is CC1(C2CC=CCN2S(=O)(=O)O)C=C(I)C(c2ccccc2)=C(CS(=O)(=O)c2ccccc2)C1. The van der Waals surface area contributed by atoms with E-state index in [4.69, 9.17) is 0 Å². The smallest absolute Gasteiger partial charge is 0.273 e. The van der Waals surface area contributed by atoms with E-state index >= 15 is 0 Å². The third kappa shape index (κ3) is 5.23. The van der Waals surface area contributed by atoms with Gasteiger partial charge in [-0.15, -0.1) is 0 Å². The highest BCUT2D eigenvalue weighted by Crippen LogP contribution is 2.49. The van der Waals surface area contributed by atoms with Crippen LogP contribution in [0.2, 0.25) is 0 Å². The van der Waals surface area contributed by atoms with E-state index in [2.05, 4.69) is 22.6 Å². The molecule has 0 bridgehead atoms. The quantitative estimate of drug-likeness (QED) is 0.280. The molecule has 9 heteroatoms. The molecule has 1 aliphatic carbocycles. The first-order valence-corrected chi connectivity index (χ1v) is 15.0. The van der Waals surface area contributed by atoms with E-state index < -0.39 is 31.6 Å². The number of hydrogen-bond donors (Lipinski definition) is 1. The van der Waals surface area contributed by atoms with Gasteiger partial charge in [0.2, 0.25) is 0 Å². The standard InChI is InChI=1S/C25H26INO5S2/c1-25(23-14-8-9-15-27(23)34(30,31)32)16-20(18-33(28,29)21-12-6-3-7-13-21)24(22(26)17-25)19-10-4-2-5-11-19/h2-13,17,23H,14-16,18H2,1H3,(H,30,31,32). The van der Waals surface area contributed by atoms with Crippen molar-refractivity contribution in [3.05, 3.63) is 93.6 Å². The minimum atomic E-state index is -4.43. The van der Waals surface area contributed by atoms with Crippen LogP contribution in [0.3, 0.4) is 0 Å². The molecule has 0 saturated carbocycles. The second-order valence-corrected chi connectivity index (χ2v) is 13.4. The van der Waals surface area contributed by atoms with Crippen molar-refractivity contribution >= 4 is 48.3 Å². The number of benzene rings is 2. The van der Waals surface area contributed by atoms with Gasteiger partial charge in [-0.25, -0.2) is 8.42 Å². The highest BCUT2D eigenvalue weighted by atomic mass is 127. The lowest BCUT2D eigenvalue weighted by Gasteiger charge is -2.44. The molecule has 2 aromatic carbocycles. The van der Waals surface area contributed by atoms with Gasteiger partial charge in [0.05, 0.1) is 10.6 Å². The zero-order valence-corrected chi connectivity index (χ0v) is 22.4. The number of halogens is 1. The van der Waals surface area contributed by atoms with Gasteiger partial charge in [-0.3, -0.25) is 4.55 Å². The Morgan fingerprint density at radius 2 is 1.62 bits per heavy atom. The Bertz CT molecular complexity index is 1370. The third-order valence-corrected chi connectivity index (χ3v) is 9.95. The Balaban J connectivity index is 1.82. The second-order valence-electron chi connectivity index (χ2n) is 8.86. The number of hydrogen-bond acceptors (Lipinski definition) is 4. The fourth-order valence-corrected chi connectivity index (χ4v) is 8.63. The summed E-state index contributed by atoms with van der Waals surface area (Å²) in [6, 6.07) is 17.5. The van der Waals surface area contributed by atoms with Crippen molar-refractivity contribution in [1.29, 1.82) is 0 Å². The van der Waals surface area contributed by atoms with Crippen molar-refractivity contribution < 1.29 is 21.4 Å². The van der Waals surface area contributed by atoms with Gasteiger partial charge in [-0.05, 0) is 64.3 Å². The lowest BCUT2D eigenvalue weighted by molar-refractivity contribution is 0.176. The van der Waals surface area contributed by atoms with Crippen LogP contribution in [0.5, 0.6) is 0 Å². The molecule has 2 aromatic rings. The molecule has 0 spiro atoms. The molecule has 180 valence electrons. The second kappa shape index (κ2) is 9.69. The Labute approximate surface area is 215 Å². The minimum Gasteiger partial charge on any atom is -0.273 e. The molecule has 6 nitrogen and oxygen atoms in total. The van der Waals surface area contributed by atoms with Crippen molar-refractivity contribution in [2.75, 3.05) is 12.3 Å². The van der Waals surface area contributed by atoms with E-state index in [1.165, 1.54) is 0 Å². The van der Waals surface area contributed by atoms with E-state index in [0.717, 1.165) is 24.6 Å². The van der Waals surface area contributed by atoms with Gasteiger partial charge in [-0.1, -0.05) is 73.7 Å². The predicted octanol–water partition coefficient (Wildman–Crippen LogP) is 5.08. The molecule has 4 rings (SSSR count). The number of rotatable bonds is 6. The maximum Gasteiger partial charge on any atom is 0.336 e. The molecule has 0 amide bonds. The summed E-state index contributed by atoms with van der Waals surface area (Å²) in [5.41, 5.74) is 1.80. The van der Waals surface area contributed by atoms with Crippen LogP contribution in [-0.2, 0) is 20.1 Å². The van der Waals surface area contributed by atoms with Crippen LogP contribution in [0.4, 0.5) is 0 Å². The van der Waals surface area contributed by atoms with Crippen LogP contribution in [0, 0.1) is 5.41 Å². The van der Waals surface area contributed by atoms with Gasteiger partial charge >= 0.3 is 10.3 Å². The summed E-state index contributed by atoms with van der Waals surface area (Å²) in [7, 11) is -8.06. The number of sulfone groups is 1. The van der Waals surface area contributed by atoms with E-state index in [9.17, 15) is 21.4 Å². The van der Waals surface area contributed by atoms with Crippen molar-refractivity contribution in [2.24, 2.45) is 5.41 Å². The molecule has 0 radical (unpaired) electrons. The molecule has 2 atom stereocenters. The summed E-state index contributed by atoms with van der Waals surface area (Å²) in [4.78, 5) is 0.251. The lowest BCUT2D eigenvalue weighted by atomic mass is 9.70. The molecule has 34 heavy (non-hydrogen) atoms. The first-order valence-electron chi connectivity index (χ1n) is 10.8. The Hall–Kier alpha value is -1.79. The fraction of sp³-hybridized carbons (Fsp3) is 0.280. The molecule has 1 N–H and O–H groups in total. The van der Waals surface area contributed by atoms with Crippen LogP contribution in [0.15, 0.2) is 92.9 Å². The van der Waals surface area contributed by atoms with Gasteiger partial charge in [0.1, 0.15) is 0 Å². The number of allylic oxidation sites excluding steroid dienone is 2. The van der Waals surface area contributed by atoms with Crippen molar-refractivity contribution in [3.8, 4) is 0 Å². The first-order chi connectivity index (χ1) is 16.0. The van der Waals surface area contributed by atoms with Gasteiger partial charge in [-0.2, -0.15) is 12.7 Å². The average Bonchev–Trinajstić information content (AvgIpc) is 2.79. The summed E-state index contributed by atoms with van der Waals surface area (Å²) in [5.74, 6) is -0.175.